The van der Waals surface area contributed by atoms with E-state index < -0.39 is 12.1 Å². The maximum absolute atomic E-state index is 12.5. The lowest BCUT2D eigenvalue weighted by molar-refractivity contribution is -0.192. The van der Waals surface area contributed by atoms with Crippen LogP contribution < -0.4 is 0 Å². The third-order valence-electron chi connectivity index (χ3n) is 3.96. The van der Waals surface area contributed by atoms with Gasteiger partial charge in [0, 0.05) is 48.9 Å². The van der Waals surface area contributed by atoms with E-state index in [2.05, 4.69) is 15.0 Å². The minimum absolute atomic E-state index is 0.0609. The highest BCUT2D eigenvalue weighted by Crippen LogP contribution is 2.17. The van der Waals surface area contributed by atoms with E-state index in [0.717, 1.165) is 24.2 Å². The summed E-state index contributed by atoms with van der Waals surface area (Å²) in [5.41, 5.74) is 3.97. The summed E-state index contributed by atoms with van der Waals surface area (Å²) in [5.74, 6) is -2.70. The summed E-state index contributed by atoms with van der Waals surface area (Å²) in [5, 5.41) is 7.12. The molecule has 0 aromatic carbocycles. The number of rotatable bonds is 1. The minimum atomic E-state index is -5.08. The molecular formula is C17H17F3N4O3. The number of hydrogen-bond acceptors (Lipinski definition) is 5. The molecule has 2 aromatic rings. The molecule has 3 rings (SSSR count). The summed E-state index contributed by atoms with van der Waals surface area (Å²) >= 11 is 0. The molecule has 1 aliphatic rings. The van der Waals surface area contributed by atoms with Gasteiger partial charge in [0.1, 0.15) is 6.33 Å². The first-order chi connectivity index (χ1) is 12.7. The van der Waals surface area contributed by atoms with Gasteiger partial charge in [-0.2, -0.15) is 13.2 Å². The van der Waals surface area contributed by atoms with E-state index in [1.54, 1.807) is 30.9 Å². The average molecular weight is 382 g/mol. The van der Waals surface area contributed by atoms with Crippen LogP contribution in [0.5, 0.6) is 0 Å². The number of amides is 1. The predicted molar refractivity (Wildman–Crippen MR) is 88.0 cm³/mol. The number of carboxylic acids is 1. The van der Waals surface area contributed by atoms with Gasteiger partial charge in [-0.1, -0.05) is 0 Å². The molecule has 0 unspecified atom stereocenters. The summed E-state index contributed by atoms with van der Waals surface area (Å²) in [7, 11) is 0. The molecule has 0 spiro atoms. The molecule has 0 radical (unpaired) electrons. The first kappa shape index (κ1) is 20.3. The number of carbonyl (C=O) groups is 2. The van der Waals surface area contributed by atoms with Crippen LogP contribution in [0.4, 0.5) is 13.2 Å². The molecule has 144 valence electrons. The summed E-state index contributed by atoms with van der Waals surface area (Å²) in [6.45, 7) is 3.41. The van der Waals surface area contributed by atoms with Crippen LogP contribution in [-0.2, 0) is 17.6 Å². The number of aryl methyl sites for hydroxylation is 1. The number of aliphatic carboxylic acids is 1. The van der Waals surface area contributed by atoms with E-state index in [4.69, 9.17) is 9.90 Å². The van der Waals surface area contributed by atoms with Gasteiger partial charge in [0.25, 0.3) is 5.91 Å². The molecule has 0 fully saturated rings. The number of carbonyl (C=O) groups excluding carboxylic acids is 1. The molecule has 1 N–H and O–H groups in total. The van der Waals surface area contributed by atoms with Gasteiger partial charge >= 0.3 is 12.1 Å². The molecule has 1 aliphatic heterocycles. The van der Waals surface area contributed by atoms with Gasteiger partial charge in [-0.25, -0.2) is 14.8 Å². The number of hydrogen-bond donors (Lipinski definition) is 1. The van der Waals surface area contributed by atoms with Crippen molar-refractivity contribution in [3.63, 3.8) is 0 Å². The van der Waals surface area contributed by atoms with Gasteiger partial charge in [0.15, 0.2) is 0 Å². The normalized spacial score (nSPS) is 13.7. The first-order valence-electron chi connectivity index (χ1n) is 7.99. The number of carboxylic acid groups (broad SMARTS) is 1. The zero-order chi connectivity index (χ0) is 20.0. The number of fused-ring (bicyclic) bond motifs is 1. The average Bonchev–Trinajstić information content (AvgIpc) is 2.85. The predicted octanol–water partition coefficient (Wildman–Crippen LogP) is 2.05. The quantitative estimate of drug-likeness (QED) is 0.811. The minimum Gasteiger partial charge on any atom is -0.475 e. The van der Waals surface area contributed by atoms with Crippen LogP contribution in [-0.4, -0.2) is 56.1 Å². The lowest BCUT2D eigenvalue weighted by atomic mass is 10.1. The second-order valence-corrected chi connectivity index (χ2v) is 5.72. The van der Waals surface area contributed by atoms with Crippen LogP contribution >= 0.6 is 0 Å². The molecule has 0 saturated heterocycles. The van der Waals surface area contributed by atoms with Crippen molar-refractivity contribution in [2.75, 3.05) is 13.1 Å². The van der Waals surface area contributed by atoms with Gasteiger partial charge in [0.05, 0.1) is 0 Å². The number of halogens is 3. The van der Waals surface area contributed by atoms with Crippen LogP contribution in [0, 0.1) is 6.92 Å². The second kappa shape index (κ2) is 8.56. The zero-order valence-corrected chi connectivity index (χ0v) is 14.4. The van der Waals surface area contributed by atoms with Crippen LogP contribution in [0.1, 0.15) is 27.3 Å². The summed E-state index contributed by atoms with van der Waals surface area (Å²) in [6.07, 6.45) is 1.42. The van der Waals surface area contributed by atoms with Gasteiger partial charge < -0.3 is 10.0 Å². The largest absolute Gasteiger partial charge is 0.490 e. The Morgan fingerprint density at radius 2 is 1.70 bits per heavy atom. The standard InChI is InChI=1S/C15H16N4O.C2HF3O2/c1-11-13-4-8-19(9-5-14(13)18-10-17-11)15(20)12-2-6-16-7-3-12;3-2(4,5)1(6)7/h2-3,6-7,10H,4-5,8-9H2,1H3;(H,6,7). The van der Waals surface area contributed by atoms with Crippen molar-refractivity contribution in [2.24, 2.45) is 0 Å². The summed E-state index contributed by atoms with van der Waals surface area (Å²) in [4.78, 5) is 35.8. The highest BCUT2D eigenvalue weighted by atomic mass is 19.4. The molecule has 27 heavy (non-hydrogen) atoms. The van der Waals surface area contributed by atoms with Crippen molar-refractivity contribution in [2.45, 2.75) is 25.9 Å². The number of alkyl halides is 3. The van der Waals surface area contributed by atoms with E-state index in [9.17, 15) is 18.0 Å². The Morgan fingerprint density at radius 1 is 1.11 bits per heavy atom. The Hall–Kier alpha value is -3.04. The fraction of sp³-hybridized carbons (Fsp3) is 0.353. The number of pyridine rings is 1. The van der Waals surface area contributed by atoms with Crippen LogP contribution in [0.2, 0.25) is 0 Å². The molecule has 3 heterocycles. The Balaban J connectivity index is 0.000000321. The van der Waals surface area contributed by atoms with Gasteiger partial charge in [-0.05, 0) is 31.0 Å². The summed E-state index contributed by atoms with van der Waals surface area (Å²) in [6, 6.07) is 3.51. The fourth-order valence-electron chi connectivity index (χ4n) is 2.57. The van der Waals surface area contributed by atoms with E-state index in [-0.39, 0.29) is 5.91 Å². The van der Waals surface area contributed by atoms with Crippen molar-refractivity contribution >= 4 is 11.9 Å². The van der Waals surface area contributed by atoms with Gasteiger partial charge in [0.2, 0.25) is 0 Å². The zero-order valence-electron chi connectivity index (χ0n) is 14.4. The molecule has 0 saturated carbocycles. The van der Waals surface area contributed by atoms with Gasteiger partial charge in [-0.15, -0.1) is 0 Å². The molecule has 0 bridgehead atoms. The molecule has 7 nitrogen and oxygen atoms in total. The van der Waals surface area contributed by atoms with E-state index >= 15 is 0 Å². The third-order valence-corrected chi connectivity index (χ3v) is 3.96. The highest BCUT2D eigenvalue weighted by Gasteiger charge is 2.38. The maximum Gasteiger partial charge on any atom is 0.490 e. The lowest BCUT2D eigenvalue weighted by Gasteiger charge is -2.20. The Labute approximate surface area is 152 Å². The topological polar surface area (TPSA) is 96.3 Å². The van der Waals surface area contributed by atoms with Crippen molar-refractivity contribution < 1.29 is 27.9 Å². The smallest absolute Gasteiger partial charge is 0.475 e. The van der Waals surface area contributed by atoms with Crippen LogP contribution in [0.15, 0.2) is 30.9 Å². The number of nitrogens with zero attached hydrogens (tertiary/aromatic N) is 4. The van der Waals surface area contributed by atoms with E-state index in [0.29, 0.717) is 18.7 Å². The molecule has 0 atom stereocenters. The van der Waals surface area contributed by atoms with E-state index in [1.165, 1.54) is 5.56 Å². The lowest BCUT2D eigenvalue weighted by Crippen LogP contribution is -2.33. The van der Waals surface area contributed by atoms with Crippen molar-refractivity contribution in [1.82, 2.24) is 19.9 Å². The van der Waals surface area contributed by atoms with Crippen molar-refractivity contribution in [1.29, 1.82) is 0 Å². The molecule has 10 heteroatoms. The van der Waals surface area contributed by atoms with Crippen molar-refractivity contribution in [3.8, 4) is 0 Å². The second-order valence-electron chi connectivity index (χ2n) is 5.72. The van der Waals surface area contributed by atoms with E-state index in [1.807, 2.05) is 11.8 Å². The molecule has 2 aromatic heterocycles. The highest BCUT2D eigenvalue weighted by molar-refractivity contribution is 5.94. The Morgan fingerprint density at radius 3 is 2.30 bits per heavy atom. The summed E-state index contributed by atoms with van der Waals surface area (Å²) < 4.78 is 31.7. The van der Waals surface area contributed by atoms with Gasteiger partial charge in [-0.3, -0.25) is 9.78 Å². The Bertz CT molecular complexity index is 813. The first-order valence-corrected chi connectivity index (χ1v) is 7.99. The van der Waals surface area contributed by atoms with Crippen LogP contribution in [0.25, 0.3) is 0 Å². The monoisotopic (exact) mass is 382 g/mol. The maximum atomic E-state index is 12.5. The third kappa shape index (κ3) is 5.47. The number of aromatic nitrogens is 3. The fourth-order valence-corrected chi connectivity index (χ4v) is 2.57. The van der Waals surface area contributed by atoms with Crippen LogP contribution in [0.3, 0.4) is 0 Å². The van der Waals surface area contributed by atoms with Crippen molar-refractivity contribution in [3.05, 3.63) is 53.4 Å². The Kier molecular flexibility index (Phi) is 6.43. The molecule has 1 amide bonds. The molecule has 0 aliphatic carbocycles. The molecular weight excluding hydrogens is 365 g/mol. The SMILES string of the molecule is Cc1ncnc2c1CCN(C(=O)c1ccncc1)CC2.O=C(O)C(F)(F)F.